The zero-order valence-corrected chi connectivity index (χ0v) is 13.7. The van der Waals surface area contributed by atoms with Gasteiger partial charge in [-0.3, -0.25) is 0 Å². The van der Waals surface area contributed by atoms with Gasteiger partial charge >= 0.3 is 0 Å². The first-order valence-electron chi connectivity index (χ1n) is 7.21. The molecule has 1 atom stereocenters. The molecule has 3 nitrogen and oxygen atoms in total. The van der Waals surface area contributed by atoms with Gasteiger partial charge in [0.05, 0.1) is 5.69 Å². The van der Waals surface area contributed by atoms with E-state index in [1.165, 1.54) is 19.3 Å². The molecule has 0 radical (unpaired) electrons. The van der Waals surface area contributed by atoms with E-state index in [0.29, 0.717) is 12.1 Å². The number of hydrogen-bond acceptors (Lipinski definition) is 3. The molecule has 0 aromatic carbocycles. The number of pyridine rings is 1. The Bertz CT molecular complexity index is 414. The Hall–Kier alpha value is -0.610. The van der Waals surface area contributed by atoms with Crippen LogP contribution >= 0.6 is 15.9 Å². The molecule has 4 heteroatoms. The molecule has 1 aromatic heterocycles. The summed E-state index contributed by atoms with van der Waals surface area (Å²) >= 11 is 3.52. The predicted molar refractivity (Wildman–Crippen MR) is 84.8 cm³/mol. The van der Waals surface area contributed by atoms with Crippen LogP contribution < -0.4 is 10.2 Å². The van der Waals surface area contributed by atoms with Crippen LogP contribution in [0.15, 0.2) is 16.6 Å². The van der Waals surface area contributed by atoms with Crippen LogP contribution in [0, 0.1) is 6.92 Å². The SMILES string of the molecule is Cc1nc(N(CC2CCCCN2)C(C)C)ccc1Br. The number of nitrogens with one attached hydrogen (secondary N) is 1. The van der Waals surface area contributed by atoms with Crippen molar-refractivity contribution in [2.45, 2.75) is 52.1 Å². The fourth-order valence-corrected chi connectivity index (χ4v) is 2.80. The fourth-order valence-electron chi connectivity index (χ4n) is 2.58. The van der Waals surface area contributed by atoms with Crippen molar-refractivity contribution in [1.29, 1.82) is 0 Å². The summed E-state index contributed by atoms with van der Waals surface area (Å²) in [6, 6.07) is 5.28. The summed E-state index contributed by atoms with van der Waals surface area (Å²) in [5.74, 6) is 1.09. The lowest BCUT2D eigenvalue weighted by Gasteiger charge is -2.34. The maximum Gasteiger partial charge on any atom is 0.129 e. The monoisotopic (exact) mass is 325 g/mol. The van der Waals surface area contributed by atoms with E-state index < -0.39 is 0 Å². The minimum Gasteiger partial charge on any atom is -0.353 e. The largest absolute Gasteiger partial charge is 0.353 e. The molecule has 0 bridgehead atoms. The lowest BCUT2D eigenvalue weighted by atomic mass is 10.0. The molecule has 1 aliphatic heterocycles. The summed E-state index contributed by atoms with van der Waals surface area (Å²) in [6.45, 7) is 8.73. The third kappa shape index (κ3) is 3.93. The Morgan fingerprint density at radius 1 is 1.42 bits per heavy atom. The third-order valence-corrected chi connectivity index (χ3v) is 4.59. The van der Waals surface area contributed by atoms with Crippen LogP contribution in [0.4, 0.5) is 5.82 Å². The molecule has 1 unspecified atom stereocenters. The van der Waals surface area contributed by atoms with Crippen molar-refractivity contribution in [2.75, 3.05) is 18.0 Å². The topological polar surface area (TPSA) is 28.2 Å². The zero-order chi connectivity index (χ0) is 13.8. The van der Waals surface area contributed by atoms with Gasteiger partial charge in [-0.2, -0.15) is 0 Å². The number of piperidine rings is 1. The lowest BCUT2D eigenvalue weighted by molar-refractivity contribution is 0.392. The second-order valence-corrected chi connectivity index (χ2v) is 6.48. The molecule has 106 valence electrons. The lowest BCUT2D eigenvalue weighted by Crippen LogP contribution is -2.46. The smallest absolute Gasteiger partial charge is 0.129 e. The minimum absolute atomic E-state index is 0.469. The van der Waals surface area contributed by atoms with Gasteiger partial charge in [0.1, 0.15) is 5.82 Å². The average Bonchev–Trinajstić information content (AvgIpc) is 2.40. The highest BCUT2D eigenvalue weighted by Crippen LogP contribution is 2.22. The Balaban J connectivity index is 2.12. The number of anilines is 1. The molecule has 0 aliphatic carbocycles. The van der Waals surface area contributed by atoms with E-state index in [2.05, 4.69) is 52.1 Å². The van der Waals surface area contributed by atoms with E-state index in [1.54, 1.807) is 0 Å². The summed E-state index contributed by atoms with van der Waals surface area (Å²) in [7, 11) is 0. The van der Waals surface area contributed by atoms with Crippen LogP contribution in [0.3, 0.4) is 0 Å². The Morgan fingerprint density at radius 2 is 2.21 bits per heavy atom. The van der Waals surface area contributed by atoms with Crippen molar-refractivity contribution >= 4 is 21.7 Å². The predicted octanol–water partition coefficient (Wildman–Crippen LogP) is 3.51. The number of rotatable bonds is 4. The van der Waals surface area contributed by atoms with Crippen LogP contribution in [0.1, 0.15) is 38.8 Å². The molecule has 1 N–H and O–H groups in total. The Kier molecular flexibility index (Phi) is 5.22. The van der Waals surface area contributed by atoms with Gasteiger partial charge in [-0.1, -0.05) is 6.42 Å². The maximum absolute atomic E-state index is 4.71. The molecule has 2 rings (SSSR count). The fraction of sp³-hybridized carbons (Fsp3) is 0.667. The van der Waals surface area contributed by atoms with Gasteiger partial charge < -0.3 is 10.2 Å². The van der Waals surface area contributed by atoms with Crippen LogP contribution in [0.25, 0.3) is 0 Å². The van der Waals surface area contributed by atoms with Gasteiger partial charge in [0.2, 0.25) is 0 Å². The normalized spacial score (nSPS) is 19.7. The Labute approximate surface area is 124 Å². The van der Waals surface area contributed by atoms with Crippen LogP contribution in [0.5, 0.6) is 0 Å². The van der Waals surface area contributed by atoms with Crippen LogP contribution in [-0.2, 0) is 0 Å². The average molecular weight is 326 g/mol. The molecular formula is C15H24BrN3. The van der Waals surface area contributed by atoms with Gasteiger partial charge in [0, 0.05) is 23.1 Å². The van der Waals surface area contributed by atoms with Crippen molar-refractivity contribution in [2.24, 2.45) is 0 Å². The highest BCUT2D eigenvalue weighted by molar-refractivity contribution is 9.10. The van der Waals surface area contributed by atoms with Gasteiger partial charge in [-0.05, 0) is 68.2 Å². The number of aryl methyl sites for hydroxylation is 1. The molecule has 0 spiro atoms. The summed E-state index contributed by atoms with van der Waals surface area (Å²) < 4.78 is 1.08. The van der Waals surface area contributed by atoms with E-state index in [0.717, 1.165) is 29.1 Å². The van der Waals surface area contributed by atoms with Crippen molar-refractivity contribution in [3.8, 4) is 0 Å². The van der Waals surface area contributed by atoms with Crippen LogP contribution in [0.2, 0.25) is 0 Å². The zero-order valence-electron chi connectivity index (χ0n) is 12.1. The number of aromatic nitrogens is 1. The molecule has 1 fully saturated rings. The molecule has 1 aliphatic rings. The molecule has 19 heavy (non-hydrogen) atoms. The summed E-state index contributed by atoms with van der Waals surface area (Å²) in [5, 5.41) is 3.62. The van der Waals surface area contributed by atoms with Crippen molar-refractivity contribution in [1.82, 2.24) is 10.3 Å². The highest BCUT2D eigenvalue weighted by atomic mass is 79.9. The molecule has 0 amide bonds. The summed E-state index contributed by atoms with van der Waals surface area (Å²) in [4.78, 5) is 7.12. The molecule has 1 saturated heterocycles. The van der Waals surface area contributed by atoms with Gasteiger partial charge in [-0.15, -0.1) is 0 Å². The molecule has 2 heterocycles. The highest BCUT2D eigenvalue weighted by Gasteiger charge is 2.20. The first-order chi connectivity index (χ1) is 9.08. The van der Waals surface area contributed by atoms with E-state index >= 15 is 0 Å². The first kappa shape index (κ1) is 14.8. The maximum atomic E-state index is 4.71. The second kappa shape index (κ2) is 6.71. The van der Waals surface area contributed by atoms with Gasteiger partial charge in [0.25, 0.3) is 0 Å². The number of halogens is 1. The van der Waals surface area contributed by atoms with Crippen LogP contribution in [-0.4, -0.2) is 30.2 Å². The minimum atomic E-state index is 0.469. The number of hydrogen-bond donors (Lipinski definition) is 1. The van der Waals surface area contributed by atoms with Gasteiger partial charge in [0.15, 0.2) is 0 Å². The van der Waals surface area contributed by atoms with Gasteiger partial charge in [-0.25, -0.2) is 4.98 Å². The summed E-state index contributed by atoms with van der Waals surface area (Å²) in [6.07, 6.45) is 3.93. The molecular weight excluding hydrogens is 302 g/mol. The summed E-state index contributed by atoms with van der Waals surface area (Å²) in [5.41, 5.74) is 1.06. The third-order valence-electron chi connectivity index (χ3n) is 3.75. The van der Waals surface area contributed by atoms with E-state index in [9.17, 15) is 0 Å². The van der Waals surface area contributed by atoms with E-state index in [-0.39, 0.29) is 0 Å². The quantitative estimate of drug-likeness (QED) is 0.918. The van der Waals surface area contributed by atoms with Crippen molar-refractivity contribution in [3.63, 3.8) is 0 Å². The standard InChI is InChI=1S/C15H24BrN3/c1-11(2)19(10-13-6-4-5-9-17-13)15-8-7-14(16)12(3)18-15/h7-8,11,13,17H,4-6,9-10H2,1-3H3. The van der Waals surface area contributed by atoms with Crippen molar-refractivity contribution in [3.05, 3.63) is 22.3 Å². The second-order valence-electron chi connectivity index (χ2n) is 5.63. The molecule has 1 aromatic rings. The van der Waals surface area contributed by atoms with E-state index in [4.69, 9.17) is 4.98 Å². The number of nitrogens with zero attached hydrogens (tertiary/aromatic N) is 2. The van der Waals surface area contributed by atoms with E-state index in [1.807, 2.05) is 6.92 Å². The molecule has 0 saturated carbocycles. The first-order valence-corrected chi connectivity index (χ1v) is 8.00. The Morgan fingerprint density at radius 3 is 2.79 bits per heavy atom. The van der Waals surface area contributed by atoms with Crippen molar-refractivity contribution < 1.29 is 0 Å².